The van der Waals surface area contributed by atoms with Crippen LogP contribution in [0.5, 0.6) is 5.75 Å². The Balaban J connectivity index is 1.28. The average molecular weight is 836 g/mol. The van der Waals surface area contributed by atoms with Crippen molar-refractivity contribution in [2.24, 2.45) is 17.3 Å². The molecule has 5 atom stereocenters. The topological polar surface area (TPSA) is 201 Å². The van der Waals surface area contributed by atoms with Crippen LogP contribution in [0.25, 0.3) is 0 Å². The van der Waals surface area contributed by atoms with Gasteiger partial charge in [0.05, 0.1) is 19.1 Å². The second kappa shape index (κ2) is 18.6. The fourth-order valence-corrected chi connectivity index (χ4v) is 10.1. The first-order valence-corrected chi connectivity index (χ1v) is 21.8. The number of esters is 1. The van der Waals surface area contributed by atoms with Crippen LogP contribution in [0.4, 0.5) is 4.79 Å². The first kappa shape index (κ1) is 45.3. The lowest BCUT2D eigenvalue weighted by Gasteiger charge is -2.60. The summed E-state index contributed by atoms with van der Waals surface area (Å²) in [4.78, 5) is 81.7. The van der Waals surface area contributed by atoms with Crippen LogP contribution in [0.1, 0.15) is 90.7 Å². The monoisotopic (exact) mass is 835 g/mol. The van der Waals surface area contributed by atoms with Crippen molar-refractivity contribution in [1.82, 2.24) is 26.6 Å². The largest absolute Gasteiger partial charge is 0.508 e. The molecule has 4 fully saturated rings. The van der Waals surface area contributed by atoms with Gasteiger partial charge in [0, 0.05) is 17.4 Å². The average Bonchev–Trinajstić information content (AvgIpc) is 3.16. The van der Waals surface area contributed by atoms with Crippen molar-refractivity contribution >= 4 is 47.5 Å². The zero-order valence-electron chi connectivity index (χ0n) is 35.3. The maximum atomic E-state index is 14.2. The number of nitrogens with one attached hydrogen (secondary N) is 5. The number of benzene rings is 2. The molecule has 6 N–H and O–H groups in total. The molecule has 0 radical (unpaired) electrons. The Morgan fingerprint density at radius 3 is 2.07 bits per heavy atom. The van der Waals surface area contributed by atoms with E-state index in [1.807, 2.05) is 36.6 Å². The van der Waals surface area contributed by atoms with E-state index >= 15 is 0 Å². The number of methoxy groups -OCH3 is 1. The molecule has 14 nitrogen and oxygen atoms in total. The number of hydrogen-bond donors (Lipinski definition) is 6. The van der Waals surface area contributed by atoms with Gasteiger partial charge in [0.1, 0.15) is 29.5 Å². The number of amides is 5. The molecule has 2 aromatic carbocycles. The summed E-state index contributed by atoms with van der Waals surface area (Å²) in [5.41, 5.74) is -1.63. The summed E-state index contributed by atoms with van der Waals surface area (Å²) in [5.74, 6) is -1.32. The molecule has 0 aromatic heterocycles. The third-order valence-corrected chi connectivity index (χ3v) is 12.6. The summed E-state index contributed by atoms with van der Waals surface area (Å²) < 4.78 is 10.7. The van der Waals surface area contributed by atoms with Gasteiger partial charge in [-0.15, -0.1) is 0 Å². The van der Waals surface area contributed by atoms with Crippen molar-refractivity contribution in [3.8, 4) is 5.75 Å². The molecule has 4 bridgehead atoms. The second-order valence-electron chi connectivity index (χ2n) is 18.2. The maximum absolute atomic E-state index is 14.2. The Morgan fingerprint density at radius 1 is 0.831 bits per heavy atom. The van der Waals surface area contributed by atoms with E-state index in [2.05, 4.69) is 26.6 Å². The van der Waals surface area contributed by atoms with Gasteiger partial charge >= 0.3 is 12.1 Å². The summed E-state index contributed by atoms with van der Waals surface area (Å²) in [7, 11) is 1.41. The standard InChI is InChI=1S/C44H61N5O9S/c1-41(2,3)58-40(56)48-35(42(4,5)30-13-15-31(50)16-14-30)38(54)47-32(17-18-59-7)36(52)45-25-34(51)46-33(20-27-11-9-8-10-12-27)37(53)49-44-23-28-19-29(24-44)22-43(21-28,26-44)39(55)57-6/h8-16,28-29,32-33,35,50H,17-26H2,1-7H3,(H,45,52)(H,46,51)(H,47,54)(H,48,56)(H,49,53)/t28?,29?,32-,33+,35-,43?,44?/m1/s1. The first-order chi connectivity index (χ1) is 27.8. The van der Waals surface area contributed by atoms with Crippen LogP contribution >= 0.6 is 11.8 Å². The van der Waals surface area contributed by atoms with Crippen molar-refractivity contribution in [2.45, 2.75) is 121 Å². The van der Waals surface area contributed by atoms with Crippen LogP contribution in [-0.2, 0) is 45.3 Å². The number of thioether (sulfide) groups is 1. The van der Waals surface area contributed by atoms with Crippen molar-refractivity contribution < 1.29 is 43.3 Å². The fourth-order valence-electron chi connectivity index (χ4n) is 9.62. The van der Waals surface area contributed by atoms with E-state index in [-0.39, 0.29) is 30.5 Å². The maximum Gasteiger partial charge on any atom is 0.408 e. The van der Waals surface area contributed by atoms with Gasteiger partial charge in [0.2, 0.25) is 23.6 Å². The molecule has 0 saturated heterocycles. The first-order valence-electron chi connectivity index (χ1n) is 20.4. The summed E-state index contributed by atoms with van der Waals surface area (Å²) in [6.45, 7) is 8.14. The van der Waals surface area contributed by atoms with Crippen LogP contribution in [0.15, 0.2) is 54.6 Å². The van der Waals surface area contributed by atoms with E-state index < -0.39 is 70.5 Å². The van der Waals surface area contributed by atoms with Crippen LogP contribution < -0.4 is 26.6 Å². The molecule has 4 saturated carbocycles. The Bertz CT molecular complexity index is 1830. The van der Waals surface area contributed by atoms with Crippen molar-refractivity contribution in [3.05, 3.63) is 65.7 Å². The van der Waals surface area contributed by atoms with E-state index in [4.69, 9.17) is 9.47 Å². The number of hydrogen-bond acceptors (Lipinski definition) is 10. The minimum Gasteiger partial charge on any atom is -0.508 e. The number of alkyl carbamates (subject to hydrolysis) is 1. The molecular weight excluding hydrogens is 775 g/mol. The third kappa shape index (κ3) is 11.5. The minimum atomic E-state index is -1.22. The molecule has 5 amide bonds. The van der Waals surface area contributed by atoms with Gasteiger partial charge in [-0.05, 0) is 113 Å². The van der Waals surface area contributed by atoms with Crippen molar-refractivity contribution in [2.75, 3.05) is 25.7 Å². The predicted molar refractivity (Wildman–Crippen MR) is 224 cm³/mol. The Hall–Kier alpha value is -4.79. The molecule has 0 aliphatic heterocycles. The smallest absolute Gasteiger partial charge is 0.408 e. The fraction of sp³-hybridized carbons (Fsp3) is 0.591. The highest BCUT2D eigenvalue weighted by atomic mass is 32.2. The number of carbonyl (C=O) groups excluding carboxylic acids is 6. The molecule has 15 heteroatoms. The van der Waals surface area contributed by atoms with Gasteiger partial charge in [-0.3, -0.25) is 24.0 Å². The zero-order chi connectivity index (χ0) is 43.2. The minimum absolute atomic E-state index is 0.0340. The van der Waals surface area contributed by atoms with Crippen LogP contribution in [0, 0.1) is 17.3 Å². The molecule has 2 aromatic rings. The summed E-state index contributed by atoms with van der Waals surface area (Å²) in [6.07, 6.45) is 6.02. The van der Waals surface area contributed by atoms with E-state index in [9.17, 15) is 33.9 Å². The number of rotatable bonds is 17. The SMILES string of the molecule is COC(=O)C12CC3CC(CC(NC(=O)[C@H](Cc4ccccc4)NC(=O)CNC(=O)[C@@H](CCSC)NC(=O)[C@@H](NC(=O)OC(C)(C)C)C(C)(C)c4ccc(O)cc4)(C3)C1)C2. The third-order valence-electron chi connectivity index (χ3n) is 11.9. The van der Waals surface area contributed by atoms with E-state index in [1.54, 1.807) is 46.8 Å². The highest BCUT2D eigenvalue weighted by Gasteiger charge is 2.62. The van der Waals surface area contributed by atoms with E-state index in [0.717, 1.165) is 37.7 Å². The van der Waals surface area contributed by atoms with Crippen LogP contribution in [0.2, 0.25) is 0 Å². The van der Waals surface area contributed by atoms with Gasteiger partial charge in [0.15, 0.2) is 0 Å². The Kier molecular flexibility index (Phi) is 14.3. The summed E-state index contributed by atoms with van der Waals surface area (Å²) >= 11 is 1.47. The molecule has 2 unspecified atom stereocenters. The van der Waals surface area contributed by atoms with Gasteiger partial charge in [-0.2, -0.15) is 11.8 Å². The van der Waals surface area contributed by atoms with Crippen molar-refractivity contribution in [1.29, 1.82) is 0 Å². The molecule has 4 aliphatic carbocycles. The van der Waals surface area contributed by atoms with Crippen LogP contribution in [-0.4, -0.2) is 95.7 Å². The molecule has 6 rings (SSSR count). The Labute approximate surface area is 351 Å². The molecule has 0 heterocycles. The van der Waals surface area contributed by atoms with Gasteiger partial charge in [-0.1, -0.05) is 56.3 Å². The molecule has 4 aliphatic rings. The lowest BCUT2D eigenvalue weighted by atomic mass is 9.47. The summed E-state index contributed by atoms with van der Waals surface area (Å²) in [5, 5.41) is 24.2. The molecule has 322 valence electrons. The van der Waals surface area contributed by atoms with E-state index in [0.29, 0.717) is 29.6 Å². The second-order valence-corrected chi connectivity index (χ2v) is 19.2. The van der Waals surface area contributed by atoms with Gasteiger partial charge < -0.3 is 41.2 Å². The Morgan fingerprint density at radius 2 is 1.47 bits per heavy atom. The quantitative estimate of drug-likeness (QED) is 0.125. The van der Waals surface area contributed by atoms with Crippen LogP contribution in [0.3, 0.4) is 0 Å². The molecule has 0 spiro atoms. The van der Waals surface area contributed by atoms with E-state index in [1.165, 1.54) is 31.0 Å². The predicted octanol–water partition coefficient (Wildman–Crippen LogP) is 4.27. The summed E-state index contributed by atoms with van der Waals surface area (Å²) in [6, 6.07) is 12.3. The lowest BCUT2D eigenvalue weighted by molar-refractivity contribution is -0.173. The lowest BCUT2D eigenvalue weighted by Crippen LogP contribution is -2.67. The molecular formula is C44H61N5O9S. The number of phenolic OH excluding ortho intramolecular Hbond substituents is 1. The van der Waals surface area contributed by atoms with Crippen molar-refractivity contribution in [3.63, 3.8) is 0 Å². The molecule has 59 heavy (non-hydrogen) atoms. The van der Waals surface area contributed by atoms with Gasteiger partial charge in [0.25, 0.3) is 0 Å². The van der Waals surface area contributed by atoms with Gasteiger partial charge in [-0.25, -0.2) is 4.79 Å². The zero-order valence-corrected chi connectivity index (χ0v) is 36.1. The highest BCUT2D eigenvalue weighted by Crippen LogP contribution is 2.62. The highest BCUT2D eigenvalue weighted by molar-refractivity contribution is 7.98. The number of phenols is 1. The number of aromatic hydroxyl groups is 1. The normalized spacial score (nSPS) is 23.5. The number of carbonyl (C=O) groups is 6. The number of ether oxygens (including phenoxy) is 2.